The van der Waals surface area contributed by atoms with Gasteiger partial charge in [0.1, 0.15) is 11.6 Å². The van der Waals surface area contributed by atoms with Gasteiger partial charge < -0.3 is 10.1 Å². The summed E-state index contributed by atoms with van der Waals surface area (Å²) in [5, 5.41) is 9.90. The molecule has 2 aliphatic rings. The molecule has 6 rings (SSSR count). The molecular weight excluding hydrogens is 410 g/mol. The summed E-state index contributed by atoms with van der Waals surface area (Å²) in [4.78, 5) is 7.79. The monoisotopic (exact) mass is 439 g/mol. The summed E-state index contributed by atoms with van der Waals surface area (Å²) in [5.41, 5.74) is 6.48. The maximum atomic E-state index is 5.43. The fourth-order valence-corrected chi connectivity index (χ4v) is 5.45. The van der Waals surface area contributed by atoms with E-state index in [0.29, 0.717) is 0 Å². The smallest absolute Gasteiger partial charge is 0.166 e. The number of benzene rings is 2. The Labute approximate surface area is 194 Å². The van der Waals surface area contributed by atoms with Crippen LogP contribution in [0.5, 0.6) is 5.75 Å². The Kier molecular flexibility index (Phi) is 4.66. The first-order chi connectivity index (χ1) is 16.1. The van der Waals surface area contributed by atoms with Crippen LogP contribution >= 0.6 is 0 Å². The molecule has 168 valence electrons. The zero-order chi connectivity index (χ0) is 22.6. The Morgan fingerprint density at radius 1 is 1.03 bits per heavy atom. The van der Waals surface area contributed by atoms with Crippen molar-refractivity contribution in [3.05, 3.63) is 65.9 Å². The van der Waals surface area contributed by atoms with Crippen molar-refractivity contribution in [3.63, 3.8) is 0 Å². The number of piperidine rings is 1. The number of aromatic nitrogens is 3. The highest BCUT2D eigenvalue weighted by Crippen LogP contribution is 2.44. The Balaban J connectivity index is 1.64. The maximum absolute atomic E-state index is 5.43. The summed E-state index contributed by atoms with van der Waals surface area (Å²) in [6.07, 6.45) is 3.61. The quantitative estimate of drug-likeness (QED) is 0.455. The third-order valence-electron chi connectivity index (χ3n) is 7.25. The Bertz CT molecular complexity index is 1330. The number of para-hydroxylation sites is 1. The Morgan fingerprint density at radius 2 is 1.82 bits per heavy atom. The van der Waals surface area contributed by atoms with Gasteiger partial charge in [0.2, 0.25) is 0 Å². The van der Waals surface area contributed by atoms with E-state index in [1.807, 2.05) is 35.0 Å². The van der Waals surface area contributed by atoms with Crippen molar-refractivity contribution in [1.82, 2.24) is 19.7 Å². The van der Waals surface area contributed by atoms with Gasteiger partial charge in [-0.3, -0.25) is 4.90 Å². The molecule has 0 aliphatic carbocycles. The van der Waals surface area contributed by atoms with Crippen molar-refractivity contribution in [2.75, 3.05) is 19.0 Å². The number of hydrogen-bond acceptors (Lipinski definition) is 5. The van der Waals surface area contributed by atoms with Gasteiger partial charge in [0.25, 0.3) is 0 Å². The van der Waals surface area contributed by atoms with E-state index in [-0.39, 0.29) is 5.66 Å². The van der Waals surface area contributed by atoms with Crippen LogP contribution in [-0.2, 0) is 6.54 Å². The molecule has 4 aromatic rings. The molecule has 6 heteroatoms. The highest BCUT2D eigenvalue weighted by molar-refractivity contribution is 5.99. The zero-order valence-electron chi connectivity index (χ0n) is 19.4. The number of nitrogens with zero attached hydrogens (tertiary/aromatic N) is 4. The van der Waals surface area contributed by atoms with Gasteiger partial charge >= 0.3 is 0 Å². The molecular formula is C27H29N5O. The lowest BCUT2D eigenvalue weighted by atomic mass is 9.89. The fourth-order valence-electron chi connectivity index (χ4n) is 5.45. The van der Waals surface area contributed by atoms with Gasteiger partial charge in [-0.15, -0.1) is 0 Å². The molecule has 33 heavy (non-hydrogen) atoms. The molecule has 1 N–H and O–H groups in total. The number of hydrogen-bond donors (Lipinski definition) is 1. The van der Waals surface area contributed by atoms with Gasteiger partial charge in [0, 0.05) is 24.2 Å². The first-order valence-electron chi connectivity index (χ1n) is 11.7. The molecule has 1 saturated heterocycles. The van der Waals surface area contributed by atoms with Gasteiger partial charge in [0.05, 0.1) is 29.5 Å². The minimum Gasteiger partial charge on any atom is -0.497 e. The number of ether oxygens (including phenoxy) is 1. The van der Waals surface area contributed by atoms with Crippen molar-refractivity contribution in [2.24, 2.45) is 0 Å². The summed E-state index contributed by atoms with van der Waals surface area (Å²) in [7, 11) is 1.71. The first-order valence-corrected chi connectivity index (χ1v) is 11.7. The molecule has 0 radical (unpaired) electrons. The molecule has 2 aromatic carbocycles. The van der Waals surface area contributed by atoms with Crippen LogP contribution in [0.3, 0.4) is 0 Å². The van der Waals surface area contributed by atoms with E-state index in [4.69, 9.17) is 14.8 Å². The predicted molar refractivity (Wildman–Crippen MR) is 132 cm³/mol. The van der Waals surface area contributed by atoms with Crippen LogP contribution in [0.25, 0.3) is 27.8 Å². The van der Waals surface area contributed by atoms with Gasteiger partial charge in [-0.25, -0.2) is 9.67 Å². The van der Waals surface area contributed by atoms with Crippen LogP contribution in [-0.4, -0.2) is 39.0 Å². The van der Waals surface area contributed by atoms with Crippen LogP contribution in [0, 0.1) is 6.92 Å². The number of pyridine rings is 1. The van der Waals surface area contributed by atoms with Crippen molar-refractivity contribution in [3.8, 4) is 22.6 Å². The molecule has 0 saturated carbocycles. The number of anilines is 1. The topological polar surface area (TPSA) is 55.2 Å². The van der Waals surface area contributed by atoms with E-state index in [2.05, 4.69) is 48.3 Å². The Hall–Kier alpha value is -3.38. The molecule has 2 aliphatic heterocycles. The van der Waals surface area contributed by atoms with Gasteiger partial charge in [-0.1, -0.05) is 30.3 Å². The van der Waals surface area contributed by atoms with E-state index in [0.717, 1.165) is 59.1 Å². The molecule has 1 fully saturated rings. The number of rotatable bonds is 3. The molecule has 4 heterocycles. The van der Waals surface area contributed by atoms with Gasteiger partial charge in [-0.05, 0) is 62.9 Å². The second-order valence-electron chi connectivity index (χ2n) is 9.35. The van der Waals surface area contributed by atoms with E-state index in [1.54, 1.807) is 7.11 Å². The summed E-state index contributed by atoms with van der Waals surface area (Å²) in [5.74, 6) is 1.84. The first kappa shape index (κ1) is 20.2. The summed E-state index contributed by atoms with van der Waals surface area (Å²) in [6, 6.07) is 18.6. The summed E-state index contributed by atoms with van der Waals surface area (Å²) in [6.45, 7) is 6.39. The second-order valence-corrected chi connectivity index (χ2v) is 9.35. The summed E-state index contributed by atoms with van der Waals surface area (Å²) >= 11 is 0. The van der Waals surface area contributed by atoms with E-state index >= 15 is 0 Å². The zero-order valence-corrected chi connectivity index (χ0v) is 19.4. The minimum atomic E-state index is -0.0598. The number of nitrogens with one attached hydrogen (secondary N) is 1. The van der Waals surface area contributed by atoms with Crippen LogP contribution < -0.4 is 10.1 Å². The standard InChI is InChI=1S/C27H29N5O/c1-18-23-24(19-11-13-21(33-3)14-12-19)22-17-31-16-8-7-15-27(31,2)29-25(22)28-26(23)32(30-18)20-9-5-4-6-10-20/h4-6,9-14H,7-8,15-17H2,1-3H3,(H,28,29). The van der Waals surface area contributed by atoms with Crippen molar-refractivity contribution in [2.45, 2.75) is 45.3 Å². The molecule has 2 aromatic heterocycles. The molecule has 1 atom stereocenters. The van der Waals surface area contributed by atoms with Crippen LogP contribution in [0.1, 0.15) is 37.4 Å². The van der Waals surface area contributed by atoms with Gasteiger partial charge in [0.15, 0.2) is 5.65 Å². The van der Waals surface area contributed by atoms with E-state index in [1.165, 1.54) is 24.0 Å². The van der Waals surface area contributed by atoms with Crippen molar-refractivity contribution >= 4 is 16.9 Å². The van der Waals surface area contributed by atoms with Gasteiger partial charge in [-0.2, -0.15) is 5.10 Å². The van der Waals surface area contributed by atoms with E-state index in [9.17, 15) is 0 Å². The van der Waals surface area contributed by atoms with Crippen molar-refractivity contribution in [1.29, 1.82) is 0 Å². The number of methoxy groups -OCH3 is 1. The predicted octanol–water partition coefficient (Wildman–Crippen LogP) is 5.53. The lowest BCUT2D eigenvalue weighted by Crippen LogP contribution is -2.57. The van der Waals surface area contributed by atoms with Crippen molar-refractivity contribution < 1.29 is 4.74 Å². The molecule has 0 bridgehead atoms. The highest BCUT2D eigenvalue weighted by atomic mass is 16.5. The average molecular weight is 440 g/mol. The van der Waals surface area contributed by atoms with Crippen LogP contribution in [0.15, 0.2) is 54.6 Å². The lowest BCUT2D eigenvalue weighted by Gasteiger charge is -2.49. The third-order valence-corrected chi connectivity index (χ3v) is 7.25. The maximum Gasteiger partial charge on any atom is 0.166 e. The molecule has 1 unspecified atom stereocenters. The average Bonchev–Trinajstić information content (AvgIpc) is 3.17. The number of aryl methyl sites for hydroxylation is 1. The minimum absolute atomic E-state index is 0.0598. The highest BCUT2D eigenvalue weighted by Gasteiger charge is 2.40. The van der Waals surface area contributed by atoms with Crippen LogP contribution in [0.2, 0.25) is 0 Å². The largest absolute Gasteiger partial charge is 0.497 e. The third kappa shape index (κ3) is 3.20. The number of fused-ring (bicyclic) bond motifs is 3. The summed E-state index contributed by atoms with van der Waals surface area (Å²) < 4.78 is 7.41. The van der Waals surface area contributed by atoms with Crippen LogP contribution in [0.4, 0.5) is 5.82 Å². The SMILES string of the molecule is COc1ccc(-c2c3c(nc4c2c(C)nn4-c2ccccc2)NC2(C)CCCCN2C3)cc1. The molecule has 0 amide bonds. The fraction of sp³-hybridized carbons (Fsp3) is 0.333. The molecule has 0 spiro atoms. The Morgan fingerprint density at radius 3 is 2.58 bits per heavy atom. The lowest BCUT2D eigenvalue weighted by molar-refractivity contribution is 0.0691. The van der Waals surface area contributed by atoms with E-state index < -0.39 is 0 Å². The second kappa shape index (κ2) is 7.59. The molecule has 6 nitrogen and oxygen atoms in total. The normalized spacial score (nSPS) is 20.2.